The van der Waals surface area contributed by atoms with E-state index in [1.807, 2.05) is 46.0 Å². The molecule has 1 N–H and O–H groups in total. The maximum absolute atomic E-state index is 13.8. The summed E-state index contributed by atoms with van der Waals surface area (Å²) in [5.74, 6) is -0.344. The van der Waals surface area contributed by atoms with Crippen LogP contribution in [0.5, 0.6) is 0 Å². The third kappa shape index (κ3) is 3.61. The lowest BCUT2D eigenvalue weighted by molar-refractivity contribution is 0.0626. The van der Waals surface area contributed by atoms with Gasteiger partial charge in [-0.1, -0.05) is 30.3 Å². The summed E-state index contributed by atoms with van der Waals surface area (Å²) in [4.78, 5) is 15.5. The highest BCUT2D eigenvalue weighted by atomic mass is 35.5. The highest BCUT2D eigenvalue weighted by Gasteiger charge is 2.34. The van der Waals surface area contributed by atoms with Gasteiger partial charge in [-0.25, -0.2) is 9.07 Å². The van der Waals surface area contributed by atoms with Crippen LogP contribution in [0, 0.1) is 5.82 Å². The minimum atomic E-state index is -0.283. The summed E-state index contributed by atoms with van der Waals surface area (Å²) in [6.45, 7) is 1.91. The molecule has 2 heterocycles. The van der Waals surface area contributed by atoms with Crippen LogP contribution < -0.4 is 5.32 Å². The number of aromatic nitrogens is 2. The van der Waals surface area contributed by atoms with Crippen molar-refractivity contribution < 1.29 is 9.18 Å². The van der Waals surface area contributed by atoms with Crippen molar-refractivity contribution in [3.8, 4) is 5.69 Å². The molecule has 1 amide bonds. The van der Waals surface area contributed by atoms with Crippen LogP contribution in [0.15, 0.2) is 54.6 Å². The average Bonchev–Trinajstić information content (AvgIpc) is 3.37. The molecular formula is C23H24ClFN4O. The highest BCUT2D eigenvalue weighted by molar-refractivity contribution is 5.94. The fourth-order valence-electron chi connectivity index (χ4n) is 4.49. The van der Waals surface area contributed by atoms with Crippen LogP contribution >= 0.6 is 12.4 Å². The van der Waals surface area contributed by atoms with Crippen molar-refractivity contribution >= 4 is 18.3 Å². The lowest BCUT2D eigenvalue weighted by Gasteiger charge is -2.36. The molecule has 7 heteroatoms. The van der Waals surface area contributed by atoms with Crippen molar-refractivity contribution in [3.63, 3.8) is 0 Å². The Morgan fingerprint density at radius 2 is 1.93 bits per heavy atom. The van der Waals surface area contributed by atoms with Crippen LogP contribution in [0.3, 0.4) is 0 Å². The first kappa shape index (κ1) is 20.6. The molecule has 5 rings (SSSR count). The topological polar surface area (TPSA) is 50.2 Å². The van der Waals surface area contributed by atoms with Gasteiger partial charge in [0.25, 0.3) is 5.91 Å². The van der Waals surface area contributed by atoms with Crippen molar-refractivity contribution in [1.29, 1.82) is 0 Å². The summed E-state index contributed by atoms with van der Waals surface area (Å²) in [6.07, 6.45) is 2.84. The largest absolute Gasteiger partial charge is 0.328 e. The van der Waals surface area contributed by atoms with E-state index in [1.54, 1.807) is 6.07 Å². The van der Waals surface area contributed by atoms with Crippen LogP contribution in [0.1, 0.15) is 39.8 Å². The molecule has 1 atom stereocenters. The van der Waals surface area contributed by atoms with Crippen LogP contribution in [0.4, 0.5) is 4.39 Å². The van der Waals surface area contributed by atoms with Crippen molar-refractivity contribution in [2.24, 2.45) is 0 Å². The van der Waals surface area contributed by atoms with E-state index in [-0.39, 0.29) is 30.2 Å². The van der Waals surface area contributed by atoms with Gasteiger partial charge in [0.1, 0.15) is 5.82 Å². The molecule has 1 aliphatic carbocycles. The SMILES string of the molecule is Cl.O=C(c1nn(-c2ccccc2)c2c1CCC2)N1CCNCC1c1cccc(F)c1. The summed E-state index contributed by atoms with van der Waals surface area (Å²) in [7, 11) is 0. The Morgan fingerprint density at radius 3 is 2.73 bits per heavy atom. The second-order valence-electron chi connectivity index (χ2n) is 7.65. The standard InChI is InChI=1S/C23H23FN4O.ClH/c24-17-7-4-6-16(14-17)21-15-25-12-13-27(21)23(29)22-19-10-5-11-20(19)28(26-22)18-8-2-1-3-9-18;/h1-4,6-9,14,21,25H,5,10-13,15H2;1H. The molecule has 1 aliphatic heterocycles. The number of nitrogens with zero attached hydrogens (tertiary/aromatic N) is 3. The number of hydrogen-bond acceptors (Lipinski definition) is 3. The summed E-state index contributed by atoms with van der Waals surface area (Å²) in [6, 6.07) is 16.3. The maximum atomic E-state index is 13.8. The van der Waals surface area contributed by atoms with Crippen molar-refractivity contribution in [2.45, 2.75) is 25.3 Å². The highest BCUT2D eigenvalue weighted by Crippen LogP contribution is 2.31. The van der Waals surface area contributed by atoms with Crippen LogP contribution in [-0.4, -0.2) is 40.2 Å². The van der Waals surface area contributed by atoms with Gasteiger partial charge in [0.2, 0.25) is 0 Å². The number of nitrogens with one attached hydrogen (secondary N) is 1. The molecule has 0 bridgehead atoms. The summed E-state index contributed by atoms with van der Waals surface area (Å²) >= 11 is 0. The van der Waals surface area contributed by atoms with Gasteiger partial charge in [-0.2, -0.15) is 5.10 Å². The van der Waals surface area contributed by atoms with Crippen LogP contribution in [0.2, 0.25) is 0 Å². The number of carbonyl (C=O) groups excluding carboxylic acids is 1. The van der Waals surface area contributed by atoms with Gasteiger partial charge >= 0.3 is 0 Å². The second-order valence-corrected chi connectivity index (χ2v) is 7.65. The number of rotatable bonds is 3. The Labute approximate surface area is 181 Å². The number of amides is 1. The number of benzene rings is 2. The predicted octanol–water partition coefficient (Wildman–Crippen LogP) is 3.71. The molecule has 5 nitrogen and oxygen atoms in total. The molecule has 3 aromatic rings. The molecule has 156 valence electrons. The fraction of sp³-hybridized carbons (Fsp3) is 0.304. The summed E-state index contributed by atoms with van der Waals surface area (Å²) < 4.78 is 15.7. The van der Waals surface area contributed by atoms with E-state index in [0.717, 1.165) is 48.3 Å². The predicted molar refractivity (Wildman–Crippen MR) is 116 cm³/mol. The minimum Gasteiger partial charge on any atom is -0.328 e. The van der Waals surface area contributed by atoms with Gasteiger partial charge in [-0.15, -0.1) is 12.4 Å². The molecule has 0 radical (unpaired) electrons. The second kappa shape index (κ2) is 8.58. The molecule has 30 heavy (non-hydrogen) atoms. The number of fused-ring (bicyclic) bond motifs is 1. The molecule has 1 fully saturated rings. The zero-order chi connectivity index (χ0) is 19.8. The Bertz CT molecular complexity index is 1050. The van der Waals surface area contributed by atoms with Gasteiger partial charge in [0.15, 0.2) is 5.69 Å². The molecular weight excluding hydrogens is 403 g/mol. The third-order valence-corrected chi connectivity index (χ3v) is 5.87. The molecule has 1 aromatic heterocycles. The molecule has 2 aliphatic rings. The number of carbonyl (C=O) groups is 1. The maximum Gasteiger partial charge on any atom is 0.275 e. The Hall–Kier alpha value is -2.70. The van der Waals surface area contributed by atoms with Gasteiger partial charge in [0, 0.05) is 30.9 Å². The fourth-order valence-corrected chi connectivity index (χ4v) is 4.49. The minimum absolute atomic E-state index is 0. The molecule has 0 spiro atoms. The monoisotopic (exact) mass is 426 g/mol. The molecule has 1 saturated heterocycles. The molecule has 1 unspecified atom stereocenters. The van der Waals surface area contributed by atoms with Gasteiger partial charge < -0.3 is 10.2 Å². The number of halogens is 2. The summed E-state index contributed by atoms with van der Waals surface area (Å²) in [5.41, 5.74) is 4.54. The van der Waals surface area contributed by atoms with E-state index in [1.165, 1.54) is 12.1 Å². The first-order chi connectivity index (χ1) is 14.2. The van der Waals surface area contributed by atoms with Crippen LogP contribution in [-0.2, 0) is 12.8 Å². The van der Waals surface area contributed by atoms with E-state index >= 15 is 0 Å². The van der Waals surface area contributed by atoms with Crippen molar-refractivity contribution in [1.82, 2.24) is 20.0 Å². The number of piperazine rings is 1. The van der Waals surface area contributed by atoms with Crippen molar-refractivity contribution in [2.75, 3.05) is 19.6 Å². The normalized spacial score (nSPS) is 18.0. The lowest BCUT2D eigenvalue weighted by atomic mass is 10.0. The van der Waals surface area contributed by atoms with Gasteiger partial charge in [0.05, 0.1) is 11.7 Å². The first-order valence-electron chi connectivity index (χ1n) is 10.2. The zero-order valence-electron chi connectivity index (χ0n) is 16.6. The van der Waals surface area contributed by atoms with E-state index in [2.05, 4.69) is 5.32 Å². The van der Waals surface area contributed by atoms with Gasteiger partial charge in [-0.3, -0.25) is 4.79 Å². The number of para-hydroxylation sites is 1. The van der Waals surface area contributed by atoms with Gasteiger partial charge in [-0.05, 0) is 49.1 Å². The van der Waals surface area contributed by atoms with Crippen molar-refractivity contribution in [3.05, 3.63) is 82.9 Å². The zero-order valence-corrected chi connectivity index (χ0v) is 17.4. The molecule has 0 saturated carbocycles. The first-order valence-corrected chi connectivity index (χ1v) is 10.2. The van der Waals surface area contributed by atoms with E-state index in [4.69, 9.17) is 5.10 Å². The Balaban J connectivity index is 0.00000218. The summed E-state index contributed by atoms with van der Waals surface area (Å²) in [5, 5.41) is 8.08. The van der Waals surface area contributed by atoms with Crippen LogP contribution in [0.25, 0.3) is 5.69 Å². The van der Waals surface area contributed by atoms with E-state index in [0.29, 0.717) is 18.8 Å². The molecule has 2 aromatic carbocycles. The quantitative estimate of drug-likeness (QED) is 0.694. The Kier molecular flexibility index (Phi) is 5.88. The Morgan fingerprint density at radius 1 is 1.10 bits per heavy atom. The van der Waals surface area contributed by atoms with E-state index < -0.39 is 0 Å². The number of hydrogen-bond donors (Lipinski definition) is 1. The average molecular weight is 427 g/mol. The smallest absolute Gasteiger partial charge is 0.275 e. The lowest BCUT2D eigenvalue weighted by Crippen LogP contribution is -2.49. The van der Waals surface area contributed by atoms with E-state index in [9.17, 15) is 9.18 Å². The third-order valence-electron chi connectivity index (χ3n) is 5.87.